The number of hydrogen-bond acceptors (Lipinski definition) is 5. The molecule has 28 heavy (non-hydrogen) atoms. The van der Waals surface area contributed by atoms with E-state index in [9.17, 15) is 9.18 Å². The molecule has 0 aliphatic heterocycles. The van der Waals surface area contributed by atoms with Crippen molar-refractivity contribution < 1.29 is 13.7 Å². The van der Waals surface area contributed by atoms with Gasteiger partial charge in [-0.3, -0.25) is 10.4 Å². The van der Waals surface area contributed by atoms with E-state index in [-0.39, 0.29) is 11.9 Å². The molecule has 1 aromatic carbocycles. The lowest BCUT2D eigenvalue weighted by atomic mass is 10.1. The minimum absolute atomic E-state index is 0.292. The van der Waals surface area contributed by atoms with E-state index < -0.39 is 6.03 Å². The number of fused-ring (bicyclic) bond motifs is 1. The molecule has 0 fully saturated rings. The molecule has 4 rings (SSSR count). The summed E-state index contributed by atoms with van der Waals surface area (Å²) < 4.78 is 18.0. The van der Waals surface area contributed by atoms with E-state index >= 15 is 0 Å². The highest BCUT2D eigenvalue weighted by Crippen LogP contribution is 2.28. The number of H-pyrrole nitrogens is 1. The Labute approximate surface area is 159 Å². The number of anilines is 1. The average molecular weight is 380 g/mol. The van der Waals surface area contributed by atoms with Gasteiger partial charge in [-0.05, 0) is 31.5 Å². The van der Waals surface area contributed by atoms with Gasteiger partial charge in [0, 0.05) is 17.6 Å². The van der Waals surface area contributed by atoms with Crippen molar-refractivity contribution in [1.29, 1.82) is 0 Å². The zero-order valence-corrected chi connectivity index (χ0v) is 15.2. The molecule has 3 aromatic heterocycles. The van der Waals surface area contributed by atoms with E-state index in [2.05, 4.69) is 31.0 Å². The quantitative estimate of drug-likeness (QED) is 0.497. The van der Waals surface area contributed by atoms with Crippen molar-refractivity contribution in [2.45, 2.75) is 19.9 Å². The maximum Gasteiger partial charge on any atom is 0.320 e. The van der Waals surface area contributed by atoms with Crippen LogP contribution in [0.25, 0.3) is 22.2 Å². The van der Waals surface area contributed by atoms with Gasteiger partial charge in [0.05, 0.1) is 22.8 Å². The molecule has 2 amide bonds. The van der Waals surface area contributed by atoms with Crippen molar-refractivity contribution >= 4 is 22.8 Å². The van der Waals surface area contributed by atoms with Crippen molar-refractivity contribution in [3.63, 3.8) is 0 Å². The van der Waals surface area contributed by atoms with Crippen LogP contribution in [0.3, 0.4) is 0 Å². The number of carbonyl (C=O) groups is 1. The van der Waals surface area contributed by atoms with Crippen molar-refractivity contribution in [1.82, 2.24) is 25.7 Å². The summed E-state index contributed by atoms with van der Waals surface area (Å²) in [5, 5.41) is 17.3. The first-order chi connectivity index (χ1) is 13.5. The molecule has 0 bridgehead atoms. The molecule has 0 saturated heterocycles. The second kappa shape index (κ2) is 7.10. The highest BCUT2D eigenvalue weighted by Gasteiger charge is 2.15. The molecule has 0 aliphatic carbocycles. The van der Waals surface area contributed by atoms with Gasteiger partial charge in [-0.15, -0.1) is 0 Å². The van der Waals surface area contributed by atoms with Crippen molar-refractivity contribution in [2.75, 3.05) is 5.32 Å². The Morgan fingerprint density at radius 3 is 2.79 bits per heavy atom. The van der Waals surface area contributed by atoms with Crippen LogP contribution in [0.5, 0.6) is 0 Å². The number of carbonyl (C=O) groups excluding carboxylic acids is 1. The van der Waals surface area contributed by atoms with Crippen molar-refractivity contribution in [2.24, 2.45) is 0 Å². The SMILES string of the molecule is Cc1nocc1-c1n[nH]c2cc(NC(=O)NC(C)c3ccc(F)cc3)ncc12. The molecule has 3 N–H and O–H groups in total. The van der Waals surface area contributed by atoms with E-state index in [4.69, 9.17) is 4.52 Å². The molecule has 142 valence electrons. The van der Waals surface area contributed by atoms with Crippen LogP contribution in [0.15, 0.2) is 47.3 Å². The molecular formula is C19H17FN6O2. The van der Waals surface area contributed by atoms with E-state index in [0.717, 1.165) is 22.2 Å². The first-order valence-corrected chi connectivity index (χ1v) is 8.59. The number of nitrogens with one attached hydrogen (secondary N) is 3. The molecule has 0 spiro atoms. The predicted octanol–water partition coefficient (Wildman–Crippen LogP) is 3.94. The standard InChI is InChI=1S/C19H17FN6O2/c1-10(12-3-5-13(20)6-4-12)22-19(27)23-17-7-16-14(8-21-17)18(25-24-16)15-9-28-26-11(15)2/h3-10H,1-2H3,(H,24,25)(H2,21,22,23,27). The van der Waals surface area contributed by atoms with Gasteiger partial charge in [0.1, 0.15) is 23.6 Å². The number of aryl methyl sites for hydroxylation is 1. The monoisotopic (exact) mass is 380 g/mol. The van der Waals surface area contributed by atoms with Crippen molar-refractivity contribution in [3.05, 3.63) is 59.9 Å². The Morgan fingerprint density at radius 1 is 1.29 bits per heavy atom. The number of urea groups is 1. The minimum atomic E-state index is -0.418. The summed E-state index contributed by atoms with van der Waals surface area (Å²) in [5.74, 6) is 0.0479. The Bertz CT molecular complexity index is 1140. The second-order valence-corrected chi connectivity index (χ2v) is 6.37. The van der Waals surface area contributed by atoms with Gasteiger partial charge < -0.3 is 9.84 Å². The Kier molecular flexibility index (Phi) is 4.48. The number of halogens is 1. The fourth-order valence-corrected chi connectivity index (χ4v) is 2.89. The highest BCUT2D eigenvalue weighted by atomic mass is 19.1. The third kappa shape index (κ3) is 3.41. The first-order valence-electron chi connectivity index (χ1n) is 8.59. The number of pyridine rings is 1. The molecule has 1 unspecified atom stereocenters. The van der Waals surface area contributed by atoms with Crippen LogP contribution in [0.4, 0.5) is 15.0 Å². The van der Waals surface area contributed by atoms with Crippen molar-refractivity contribution in [3.8, 4) is 11.3 Å². The van der Waals surface area contributed by atoms with Crippen LogP contribution in [0.1, 0.15) is 24.2 Å². The Morgan fingerprint density at radius 2 is 2.07 bits per heavy atom. The summed E-state index contributed by atoms with van der Waals surface area (Å²) >= 11 is 0. The fraction of sp³-hybridized carbons (Fsp3) is 0.158. The number of amides is 2. The van der Waals surface area contributed by atoms with Crippen LogP contribution < -0.4 is 10.6 Å². The molecule has 4 aromatic rings. The van der Waals surface area contributed by atoms with Crippen LogP contribution in [-0.2, 0) is 0 Å². The summed E-state index contributed by atoms with van der Waals surface area (Å²) in [6.07, 6.45) is 3.15. The lowest BCUT2D eigenvalue weighted by Crippen LogP contribution is -2.31. The normalized spacial score (nSPS) is 12.1. The zero-order valence-electron chi connectivity index (χ0n) is 15.2. The van der Waals surface area contributed by atoms with E-state index in [1.807, 2.05) is 13.8 Å². The number of hydrogen-bond donors (Lipinski definition) is 3. The predicted molar refractivity (Wildman–Crippen MR) is 101 cm³/mol. The van der Waals surface area contributed by atoms with Gasteiger partial charge in [0.15, 0.2) is 0 Å². The summed E-state index contributed by atoms with van der Waals surface area (Å²) in [7, 11) is 0. The third-order valence-corrected chi connectivity index (χ3v) is 4.41. The first kappa shape index (κ1) is 17.7. The molecule has 0 radical (unpaired) electrons. The molecule has 0 saturated carbocycles. The molecular weight excluding hydrogens is 363 g/mol. The number of nitrogens with zero attached hydrogens (tertiary/aromatic N) is 3. The smallest absolute Gasteiger partial charge is 0.320 e. The fourth-order valence-electron chi connectivity index (χ4n) is 2.89. The third-order valence-electron chi connectivity index (χ3n) is 4.41. The number of aromatic amines is 1. The highest BCUT2D eigenvalue weighted by molar-refractivity contribution is 5.96. The lowest BCUT2D eigenvalue weighted by molar-refractivity contribution is 0.249. The van der Waals surface area contributed by atoms with Gasteiger partial charge >= 0.3 is 6.03 Å². The van der Waals surface area contributed by atoms with Gasteiger partial charge in [0.2, 0.25) is 0 Å². The van der Waals surface area contributed by atoms with Crippen LogP contribution in [0, 0.1) is 12.7 Å². The maximum atomic E-state index is 13.0. The molecule has 9 heteroatoms. The number of rotatable bonds is 4. The van der Waals surface area contributed by atoms with Gasteiger partial charge in [0.25, 0.3) is 0 Å². The Hall–Kier alpha value is -3.75. The zero-order chi connectivity index (χ0) is 19.7. The van der Waals surface area contributed by atoms with Crippen LogP contribution in [-0.4, -0.2) is 26.4 Å². The molecule has 1 atom stereocenters. The minimum Gasteiger partial charge on any atom is -0.364 e. The van der Waals surface area contributed by atoms with E-state index in [1.54, 1.807) is 24.4 Å². The summed E-state index contributed by atoms with van der Waals surface area (Å²) in [4.78, 5) is 16.5. The summed E-state index contributed by atoms with van der Waals surface area (Å²) in [5.41, 5.74) is 3.70. The topological polar surface area (TPSA) is 109 Å². The average Bonchev–Trinajstić information content (AvgIpc) is 3.27. The van der Waals surface area contributed by atoms with Gasteiger partial charge in [-0.2, -0.15) is 5.10 Å². The van der Waals surface area contributed by atoms with E-state index in [1.165, 1.54) is 18.4 Å². The largest absolute Gasteiger partial charge is 0.364 e. The molecule has 0 aliphatic rings. The van der Waals surface area contributed by atoms with Crippen LogP contribution >= 0.6 is 0 Å². The molecule has 3 heterocycles. The summed E-state index contributed by atoms with van der Waals surface area (Å²) in [6, 6.07) is 6.95. The molecule has 8 nitrogen and oxygen atoms in total. The van der Waals surface area contributed by atoms with Crippen LogP contribution in [0.2, 0.25) is 0 Å². The van der Waals surface area contributed by atoms with E-state index in [0.29, 0.717) is 17.0 Å². The van der Waals surface area contributed by atoms with Gasteiger partial charge in [-0.1, -0.05) is 17.3 Å². The maximum absolute atomic E-state index is 13.0. The van der Waals surface area contributed by atoms with Gasteiger partial charge in [-0.25, -0.2) is 14.2 Å². The number of aromatic nitrogens is 4. The number of benzene rings is 1. The lowest BCUT2D eigenvalue weighted by Gasteiger charge is -2.14. The second-order valence-electron chi connectivity index (χ2n) is 6.37. The Balaban J connectivity index is 1.48. The summed E-state index contributed by atoms with van der Waals surface area (Å²) in [6.45, 7) is 3.64.